The topological polar surface area (TPSA) is 48.4 Å². The summed E-state index contributed by atoms with van der Waals surface area (Å²) in [5.41, 5.74) is -4.25. The second-order valence-corrected chi connectivity index (χ2v) is 3.26. The number of halogens is 5. The largest absolute Gasteiger partial charge is 0.481 e. The fourth-order valence-electron chi connectivity index (χ4n) is 1.44. The first kappa shape index (κ1) is 15.1. The highest BCUT2D eigenvalue weighted by Crippen LogP contribution is 2.42. The summed E-state index contributed by atoms with van der Waals surface area (Å²) in [6.07, 6.45) is -8.13. The number of esters is 1. The molecular weight excluding hydrogens is 277 g/mol. The van der Waals surface area contributed by atoms with Crippen LogP contribution in [0.4, 0.5) is 22.0 Å². The van der Waals surface area contributed by atoms with Gasteiger partial charge < -0.3 is 9.47 Å². The molecule has 106 valence electrons. The van der Waals surface area contributed by atoms with Crippen LogP contribution in [0.2, 0.25) is 0 Å². The number of hydrogen-bond acceptors (Lipinski definition) is 4. The summed E-state index contributed by atoms with van der Waals surface area (Å²) in [6.45, 7) is 0. The van der Waals surface area contributed by atoms with Gasteiger partial charge in [-0.3, -0.25) is 0 Å². The monoisotopic (exact) mass is 285 g/mol. The molecule has 0 spiro atoms. The smallest absolute Gasteiger partial charge is 0.422 e. The Balaban J connectivity index is 3.68. The summed E-state index contributed by atoms with van der Waals surface area (Å²) in [4.78, 5) is 14.4. The van der Waals surface area contributed by atoms with Gasteiger partial charge in [-0.05, 0) is 0 Å². The number of rotatable bonds is 3. The third-order valence-electron chi connectivity index (χ3n) is 2.18. The maximum absolute atomic E-state index is 12.8. The molecule has 0 N–H and O–H groups in total. The standard InChI is InChI=1S/C10H8F5NO3/c1-18-8-6(10(13,14)15)5(7(11)12)4(3-16-8)9(17)19-2/h3,7H,1-2H3. The summed E-state index contributed by atoms with van der Waals surface area (Å²) in [5, 5.41) is 0. The van der Waals surface area contributed by atoms with Gasteiger partial charge in [-0.25, -0.2) is 18.6 Å². The number of hydrogen-bond donors (Lipinski definition) is 0. The zero-order valence-corrected chi connectivity index (χ0v) is 9.72. The molecule has 0 saturated heterocycles. The van der Waals surface area contributed by atoms with E-state index in [9.17, 15) is 26.7 Å². The molecule has 0 aliphatic rings. The quantitative estimate of drug-likeness (QED) is 0.633. The SMILES string of the molecule is COC(=O)c1cnc(OC)c(C(F)(F)F)c1C(F)F. The van der Waals surface area contributed by atoms with Crippen LogP contribution in [0.1, 0.15) is 27.9 Å². The molecule has 0 unspecified atom stereocenters. The molecule has 0 bridgehead atoms. The van der Waals surface area contributed by atoms with Gasteiger partial charge in [0.2, 0.25) is 5.88 Å². The van der Waals surface area contributed by atoms with Crippen molar-refractivity contribution in [2.75, 3.05) is 14.2 Å². The highest BCUT2D eigenvalue weighted by molar-refractivity contribution is 5.91. The Bertz CT molecular complexity index is 487. The molecule has 1 rings (SSSR count). The van der Waals surface area contributed by atoms with Crippen molar-refractivity contribution in [3.05, 3.63) is 22.9 Å². The molecule has 1 aromatic heterocycles. The average molecular weight is 285 g/mol. The van der Waals surface area contributed by atoms with Gasteiger partial charge in [0, 0.05) is 6.20 Å². The Hall–Kier alpha value is -1.93. The molecule has 0 aliphatic carbocycles. The number of nitrogens with zero attached hydrogens (tertiary/aromatic N) is 1. The van der Waals surface area contributed by atoms with Crippen LogP contribution >= 0.6 is 0 Å². The van der Waals surface area contributed by atoms with E-state index in [-0.39, 0.29) is 0 Å². The fraction of sp³-hybridized carbons (Fsp3) is 0.400. The van der Waals surface area contributed by atoms with Gasteiger partial charge in [0.1, 0.15) is 5.56 Å². The summed E-state index contributed by atoms with van der Waals surface area (Å²) < 4.78 is 72.5. The zero-order chi connectivity index (χ0) is 14.8. The molecule has 19 heavy (non-hydrogen) atoms. The lowest BCUT2D eigenvalue weighted by Gasteiger charge is -2.17. The van der Waals surface area contributed by atoms with Crippen molar-refractivity contribution in [2.45, 2.75) is 12.6 Å². The van der Waals surface area contributed by atoms with Gasteiger partial charge in [-0.2, -0.15) is 13.2 Å². The third-order valence-corrected chi connectivity index (χ3v) is 2.18. The van der Waals surface area contributed by atoms with E-state index in [1.807, 2.05) is 0 Å². The van der Waals surface area contributed by atoms with Crippen molar-refractivity contribution < 1.29 is 36.2 Å². The maximum Gasteiger partial charge on any atom is 0.422 e. The van der Waals surface area contributed by atoms with Crippen molar-refractivity contribution >= 4 is 5.97 Å². The van der Waals surface area contributed by atoms with Crippen LogP contribution in [0.25, 0.3) is 0 Å². The van der Waals surface area contributed by atoms with Crippen molar-refractivity contribution in [2.24, 2.45) is 0 Å². The van der Waals surface area contributed by atoms with Crippen LogP contribution in [-0.2, 0) is 10.9 Å². The number of alkyl halides is 5. The molecule has 0 atom stereocenters. The van der Waals surface area contributed by atoms with Gasteiger partial charge in [0.15, 0.2) is 0 Å². The number of pyridine rings is 1. The number of carbonyl (C=O) groups is 1. The second-order valence-electron chi connectivity index (χ2n) is 3.26. The van der Waals surface area contributed by atoms with E-state index in [0.29, 0.717) is 6.20 Å². The average Bonchev–Trinajstić information content (AvgIpc) is 2.34. The van der Waals surface area contributed by atoms with Crippen LogP contribution in [0.3, 0.4) is 0 Å². The maximum atomic E-state index is 12.8. The van der Waals surface area contributed by atoms with E-state index in [1.54, 1.807) is 0 Å². The fourth-order valence-corrected chi connectivity index (χ4v) is 1.44. The lowest BCUT2D eigenvalue weighted by atomic mass is 10.0. The second kappa shape index (κ2) is 5.37. The number of aromatic nitrogens is 1. The first-order valence-electron chi connectivity index (χ1n) is 4.74. The predicted molar refractivity (Wildman–Crippen MR) is 52.1 cm³/mol. The highest BCUT2D eigenvalue weighted by Gasteiger charge is 2.42. The Morgan fingerprint density at radius 1 is 1.32 bits per heavy atom. The van der Waals surface area contributed by atoms with Crippen LogP contribution in [0, 0.1) is 0 Å². The van der Waals surface area contributed by atoms with Gasteiger partial charge in [-0.15, -0.1) is 0 Å². The van der Waals surface area contributed by atoms with Gasteiger partial charge in [-0.1, -0.05) is 0 Å². The zero-order valence-electron chi connectivity index (χ0n) is 9.72. The van der Waals surface area contributed by atoms with Gasteiger partial charge >= 0.3 is 12.1 Å². The summed E-state index contributed by atoms with van der Waals surface area (Å²) in [5.74, 6) is -2.37. The molecule has 0 aromatic carbocycles. The van der Waals surface area contributed by atoms with Crippen molar-refractivity contribution in [1.29, 1.82) is 0 Å². The van der Waals surface area contributed by atoms with Crippen LogP contribution in [-0.4, -0.2) is 25.2 Å². The number of methoxy groups -OCH3 is 2. The minimum Gasteiger partial charge on any atom is -0.481 e. The van der Waals surface area contributed by atoms with E-state index in [2.05, 4.69) is 14.5 Å². The molecule has 0 amide bonds. The van der Waals surface area contributed by atoms with E-state index >= 15 is 0 Å². The minimum absolute atomic E-state index is 0.557. The van der Waals surface area contributed by atoms with Crippen LogP contribution in [0.15, 0.2) is 6.20 Å². The molecule has 0 saturated carbocycles. The Labute approximate surface area is 104 Å². The third kappa shape index (κ3) is 2.91. The first-order chi connectivity index (χ1) is 8.73. The number of ether oxygens (including phenoxy) is 2. The Morgan fingerprint density at radius 3 is 2.26 bits per heavy atom. The van der Waals surface area contributed by atoms with Gasteiger partial charge in [0.25, 0.3) is 6.43 Å². The molecule has 1 heterocycles. The normalized spacial score (nSPS) is 11.6. The molecule has 0 radical (unpaired) electrons. The summed E-state index contributed by atoms with van der Waals surface area (Å²) >= 11 is 0. The first-order valence-corrected chi connectivity index (χ1v) is 4.74. The molecule has 1 aromatic rings. The molecule has 4 nitrogen and oxygen atoms in total. The minimum atomic E-state index is -5.14. The van der Waals surface area contributed by atoms with Gasteiger partial charge in [0.05, 0.1) is 25.3 Å². The van der Waals surface area contributed by atoms with E-state index in [1.165, 1.54) is 0 Å². The number of carbonyl (C=O) groups excluding carboxylic acids is 1. The Kier molecular flexibility index (Phi) is 4.28. The van der Waals surface area contributed by atoms with E-state index in [0.717, 1.165) is 14.2 Å². The summed E-state index contributed by atoms with van der Waals surface area (Å²) in [7, 11) is 1.71. The van der Waals surface area contributed by atoms with Crippen molar-refractivity contribution in [1.82, 2.24) is 4.98 Å². The highest BCUT2D eigenvalue weighted by atomic mass is 19.4. The molecular formula is C10H8F5NO3. The molecule has 0 fully saturated rings. The summed E-state index contributed by atoms with van der Waals surface area (Å²) in [6, 6.07) is 0. The van der Waals surface area contributed by atoms with E-state index in [4.69, 9.17) is 0 Å². The van der Waals surface area contributed by atoms with Crippen LogP contribution < -0.4 is 4.74 Å². The van der Waals surface area contributed by atoms with Crippen molar-refractivity contribution in [3.63, 3.8) is 0 Å². The molecule has 9 heteroatoms. The van der Waals surface area contributed by atoms with Crippen molar-refractivity contribution in [3.8, 4) is 5.88 Å². The molecule has 0 aliphatic heterocycles. The lowest BCUT2D eigenvalue weighted by Crippen LogP contribution is -2.18. The lowest BCUT2D eigenvalue weighted by molar-refractivity contribution is -0.141. The van der Waals surface area contributed by atoms with E-state index < -0.39 is 41.1 Å². The Morgan fingerprint density at radius 2 is 1.89 bits per heavy atom. The predicted octanol–water partition coefficient (Wildman–Crippen LogP) is 2.83. The van der Waals surface area contributed by atoms with Crippen LogP contribution in [0.5, 0.6) is 5.88 Å².